The second kappa shape index (κ2) is 9.56. The molecule has 5 nitrogen and oxygen atoms in total. The number of aromatic nitrogens is 2. The molecule has 7 heteroatoms. The van der Waals surface area contributed by atoms with Crippen molar-refractivity contribution in [2.24, 2.45) is 0 Å². The Morgan fingerprint density at radius 3 is 2.67 bits per heavy atom. The molecule has 0 unspecified atom stereocenters. The van der Waals surface area contributed by atoms with E-state index in [1.807, 2.05) is 60.0 Å². The SMILES string of the molecule is COc1ccccc1-c1nc(COC(=O)c2cccnc2Sc2ccccc2)cs1. The highest BCUT2D eigenvalue weighted by Crippen LogP contribution is 2.32. The molecule has 0 spiro atoms. The van der Waals surface area contributed by atoms with Gasteiger partial charge in [0.2, 0.25) is 0 Å². The van der Waals surface area contributed by atoms with Crippen molar-refractivity contribution in [3.63, 3.8) is 0 Å². The number of hydrogen-bond acceptors (Lipinski definition) is 7. The number of para-hydroxylation sites is 1. The number of ether oxygens (including phenoxy) is 2. The van der Waals surface area contributed by atoms with Gasteiger partial charge in [-0.3, -0.25) is 0 Å². The standard InChI is InChI=1S/C23H18N2O3S2/c1-27-20-12-6-5-10-18(20)22-25-16(15-29-22)14-28-23(26)19-11-7-13-24-21(19)30-17-8-3-2-4-9-17/h2-13,15H,14H2,1H3. The monoisotopic (exact) mass is 434 g/mol. The van der Waals surface area contributed by atoms with Crippen LogP contribution in [0.3, 0.4) is 0 Å². The van der Waals surface area contributed by atoms with Crippen LogP contribution in [0.4, 0.5) is 0 Å². The number of rotatable bonds is 7. The van der Waals surface area contributed by atoms with Crippen molar-refractivity contribution in [3.8, 4) is 16.3 Å². The van der Waals surface area contributed by atoms with Crippen molar-refractivity contribution in [1.29, 1.82) is 0 Å². The molecule has 0 radical (unpaired) electrons. The fourth-order valence-corrected chi connectivity index (χ4v) is 4.49. The molecule has 2 heterocycles. The zero-order valence-corrected chi connectivity index (χ0v) is 17.8. The van der Waals surface area contributed by atoms with Gasteiger partial charge in [-0.05, 0) is 36.4 Å². The third-order valence-electron chi connectivity index (χ3n) is 4.19. The molecule has 0 saturated heterocycles. The van der Waals surface area contributed by atoms with E-state index in [-0.39, 0.29) is 6.61 Å². The van der Waals surface area contributed by atoms with Crippen LogP contribution in [0, 0.1) is 0 Å². The summed E-state index contributed by atoms with van der Waals surface area (Å²) in [5.41, 5.74) is 2.04. The molecule has 0 N–H and O–H groups in total. The zero-order chi connectivity index (χ0) is 20.8. The molecule has 0 bridgehead atoms. The minimum Gasteiger partial charge on any atom is -0.496 e. The number of esters is 1. The lowest BCUT2D eigenvalue weighted by Gasteiger charge is -2.08. The molecule has 0 aliphatic carbocycles. The molecule has 2 aromatic heterocycles. The lowest BCUT2D eigenvalue weighted by Crippen LogP contribution is -2.07. The fraction of sp³-hybridized carbons (Fsp3) is 0.0870. The summed E-state index contributed by atoms with van der Waals surface area (Å²) in [6.07, 6.45) is 1.67. The van der Waals surface area contributed by atoms with E-state index in [1.165, 1.54) is 23.1 Å². The molecular formula is C23H18N2O3S2. The molecule has 0 fully saturated rings. The molecule has 0 atom stereocenters. The minimum atomic E-state index is -0.423. The lowest BCUT2D eigenvalue weighted by molar-refractivity contribution is 0.0463. The zero-order valence-electron chi connectivity index (χ0n) is 16.1. The van der Waals surface area contributed by atoms with Crippen molar-refractivity contribution < 1.29 is 14.3 Å². The van der Waals surface area contributed by atoms with Gasteiger partial charge in [0.25, 0.3) is 0 Å². The molecule has 4 rings (SSSR count). The summed E-state index contributed by atoms with van der Waals surface area (Å²) in [7, 11) is 1.63. The number of nitrogens with zero attached hydrogens (tertiary/aromatic N) is 2. The van der Waals surface area contributed by atoms with Crippen LogP contribution in [0.5, 0.6) is 5.75 Å². The van der Waals surface area contributed by atoms with Gasteiger partial charge in [-0.2, -0.15) is 0 Å². The van der Waals surface area contributed by atoms with Crippen LogP contribution in [0.15, 0.2) is 88.2 Å². The minimum absolute atomic E-state index is 0.0921. The van der Waals surface area contributed by atoms with Gasteiger partial charge in [0, 0.05) is 16.5 Å². The molecular weight excluding hydrogens is 416 g/mol. The average Bonchev–Trinajstić information content (AvgIpc) is 3.27. The normalized spacial score (nSPS) is 10.6. The van der Waals surface area contributed by atoms with Crippen LogP contribution in [0.1, 0.15) is 16.1 Å². The van der Waals surface area contributed by atoms with Gasteiger partial charge >= 0.3 is 5.97 Å². The molecule has 0 aliphatic heterocycles. The number of carbonyl (C=O) groups excluding carboxylic acids is 1. The van der Waals surface area contributed by atoms with Crippen LogP contribution < -0.4 is 4.74 Å². The number of pyridine rings is 1. The molecule has 150 valence electrons. The van der Waals surface area contributed by atoms with E-state index < -0.39 is 5.97 Å². The average molecular weight is 435 g/mol. The predicted octanol–water partition coefficient (Wildman–Crippen LogP) is 5.72. The van der Waals surface area contributed by atoms with Gasteiger partial charge in [-0.15, -0.1) is 11.3 Å². The topological polar surface area (TPSA) is 61.3 Å². The van der Waals surface area contributed by atoms with Crippen molar-refractivity contribution in [1.82, 2.24) is 9.97 Å². The Labute approximate surface area is 182 Å². The first-order chi connectivity index (χ1) is 14.7. The van der Waals surface area contributed by atoms with E-state index >= 15 is 0 Å². The molecule has 2 aromatic carbocycles. The van der Waals surface area contributed by atoms with E-state index in [0.717, 1.165) is 21.2 Å². The van der Waals surface area contributed by atoms with Crippen LogP contribution in [-0.4, -0.2) is 23.0 Å². The maximum absolute atomic E-state index is 12.7. The maximum atomic E-state index is 12.7. The van der Waals surface area contributed by atoms with E-state index in [4.69, 9.17) is 9.47 Å². The van der Waals surface area contributed by atoms with Crippen LogP contribution in [0.25, 0.3) is 10.6 Å². The Bertz CT molecular complexity index is 1150. The van der Waals surface area contributed by atoms with E-state index in [9.17, 15) is 4.79 Å². The number of methoxy groups -OCH3 is 1. The van der Waals surface area contributed by atoms with Gasteiger partial charge in [0.1, 0.15) is 22.4 Å². The second-order valence-electron chi connectivity index (χ2n) is 6.19. The largest absolute Gasteiger partial charge is 0.496 e. The van der Waals surface area contributed by atoms with Gasteiger partial charge in [-0.1, -0.05) is 42.1 Å². The Hall–Kier alpha value is -3.16. The molecule has 4 aromatic rings. The first-order valence-corrected chi connectivity index (χ1v) is 10.9. The van der Waals surface area contributed by atoms with Crippen molar-refractivity contribution in [3.05, 3.63) is 89.6 Å². The summed E-state index contributed by atoms with van der Waals surface area (Å²) >= 11 is 2.92. The predicted molar refractivity (Wildman–Crippen MR) is 118 cm³/mol. The summed E-state index contributed by atoms with van der Waals surface area (Å²) < 4.78 is 10.9. The van der Waals surface area contributed by atoms with Crippen LogP contribution in [-0.2, 0) is 11.3 Å². The third kappa shape index (κ3) is 4.69. The van der Waals surface area contributed by atoms with Gasteiger partial charge in [0.15, 0.2) is 0 Å². The van der Waals surface area contributed by atoms with Gasteiger partial charge < -0.3 is 9.47 Å². The summed E-state index contributed by atoms with van der Waals surface area (Å²) in [4.78, 5) is 22.6. The molecule has 0 saturated carbocycles. The molecule has 0 amide bonds. The number of carbonyl (C=O) groups is 1. The van der Waals surface area contributed by atoms with Crippen molar-refractivity contribution >= 4 is 29.1 Å². The smallest absolute Gasteiger partial charge is 0.341 e. The molecule has 30 heavy (non-hydrogen) atoms. The first kappa shape index (κ1) is 20.1. The fourth-order valence-electron chi connectivity index (χ4n) is 2.76. The van der Waals surface area contributed by atoms with Crippen LogP contribution >= 0.6 is 23.1 Å². The Morgan fingerprint density at radius 1 is 1.03 bits per heavy atom. The highest BCUT2D eigenvalue weighted by molar-refractivity contribution is 7.99. The van der Waals surface area contributed by atoms with Crippen molar-refractivity contribution in [2.75, 3.05) is 7.11 Å². The lowest BCUT2D eigenvalue weighted by atomic mass is 10.2. The highest BCUT2D eigenvalue weighted by atomic mass is 32.2. The van der Waals surface area contributed by atoms with E-state index in [0.29, 0.717) is 16.3 Å². The number of hydrogen-bond donors (Lipinski definition) is 0. The second-order valence-corrected chi connectivity index (χ2v) is 8.11. The number of benzene rings is 2. The van der Waals surface area contributed by atoms with Crippen LogP contribution in [0.2, 0.25) is 0 Å². The quantitative estimate of drug-likeness (QED) is 0.347. The highest BCUT2D eigenvalue weighted by Gasteiger charge is 2.16. The number of thiazole rings is 1. The third-order valence-corrected chi connectivity index (χ3v) is 6.14. The Balaban J connectivity index is 1.45. The Morgan fingerprint density at radius 2 is 1.83 bits per heavy atom. The van der Waals surface area contributed by atoms with E-state index in [2.05, 4.69) is 9.97 Å². The summed E-state index contributed by atoms with van der Waals surface area (Å²) in [6.45, 7) is 0.0921. The van der Waals surface area contributed by atoms with Crippen molar-refractivity contribution in [2.45, 2.75) is 16.5 Å². The van der Waals surface area contributed by atoms with Gasteiger partial charge in [-0.25, -0.2) is 14.8 Å². The molecule has 0 aliphatic rings. The maximum Gasteiger partial charge on any atom is 0.341 e. The first-order valence-electron chi connectivity index (χ1n) is 9.17. The van der Waals surface area contributed by atoms with Gasteiger partial charge in [0.05, 0.1) is 23.9 Å². The summed E-state index contributed by atoms with van der Waals surface area (Å²) in [5, 5.41) is 3.32. The summed E-state index contributed by atoms with van der Waals surface area (Å²) in [5.74, 6) is 0.335. The van der Waals surface area contributed by atoms with E-state index in [1.54, 1.807) is 25.4 Å². The summed E-state index contributed by atoms with van der Waals surface area (Å²) in [6, 6.07) is 21.0. The Kier molecular flexibility index (Phi) is 6.41.